The second-order valence-corrected chi connectivity index (χ2v) is 7.73. The first-order valence-corrected chi connectivity index (χ1v) is 9.74. The molecule has 0 spiro atoms. The molecule has 1 heterocycles. The van der Waals surface area contributed by atoms with E-state index in [1.54, 1.807) is 0 Å². The van der Waals surface area contributed by atoms with E-state index < -0.39 is 11.2 Å². The number of thiazole rings is 1. The van der Waals surface area contributed by atoms with E-state index in [2.05, 4.69) is 10.5 Å². The normalized spacial score (nSPS) is 12.2. The van der Waals surface area contributed by atoms with E-state index in [1.165, 1.54) is 23.1 Å². The van der Waals surface area contributed by atoms with Gasteiger partial charge >= 0.3 is 5.97 Å². The van der Waals surface area contributed by atoms with Gasteiger partial charge in [0.2, 0.25) is 0 Å². The van der Waals surface area contributed by atoms with Crippen molar-refractivity contribution in [3.05, 3.63) is 35.7 Å². The van der Waals surface area contributed by atoms with Crippen LogP contribution in [0.15, 0.2) is 40.1 Å². The fourth-order valence-electron chi connectivity index (χ4n) is 2.29. The van der Waals surface area contributed by atoms with Gasteiger partial charge in [0, 0.05) is 17.5 Å². The molecule has 7 heteroatoms. The van der Waals surface area contributed by atoms with Crippen LogP contribution in [0.2, 0.25) is 0 Å². The van der Waals surface area contributed by atoms with Gasteiger partial charge in [0.25, 0.3) is 0 Å². The number of hydroxylamine groups is 1. The quantitative estimate of drug-likeness (QED) is 0.313. The zero-order valence-corrected chi connectivity index (χ0v) is 15.0. The van der Waals surface area contributed by atoms with E-state index in [-0.39, 0.29) is 0 Å². The number of hydrogen-bond donors (Lipinski definition) is 3. The third-order valence-corrected chi connectivity index (χ3v) is 5.80. The second-order valence-electron chi connectivity index (χ2n) is 5.42. The molecule has 0 amide bonds. The lowest BCUT2D eigenvalue weighted by molar-refractivity contribution is -0.136. The van der Waals surface area contributed by atoms with Crippen LogP contribution in [0, 0.1) is 0 Å². The van der Waals surface area contributed by atoms with Crippen LogP contribution in [0.5, 0.6) is 0 Å². The standard InChI is InChI=1S/C17H22N2O3S2/c20-16(21)15(10-6-1-2-7-11-18-22)24-17-19-14(12-23-17)13-8-4-3-5-9-13/h3-5,8-9,12,15,18,22H,1-2,6-7,10-11H2,(H,20,21). The first-order chi connectivity index (χ1) is 11.7. The van der Waals surface area contributed by atoms with E-state index in [0.29, 0.717) is 13.0 Å². The van der Waals surface area contributed by atoms with Gasteiger partial charge < -0.3 is 10.3 Å². The van der Waals surface area contributed by atoms with Gasteiger partial charge in [0.1, 0.15) is 5.25 Å². The molecule has 130 valence electrons. The minimum Gasteiger partial charge on any atom is -0.480 e. The highest BCUT2D eigenvalue weighted by molar-refractivity contribution is 8.02. The van der Waals surface area contributed by atoms with Crippen LogP contribution in [0.1, 0.15) is 32.1 Å². The third kappa shape index (κ3) is 6.24. The maximum atomic E-state index is 11.5. The van der Waals surface area contributed by atoms with Crippen LogP contribution < -0.4 is 5.48 Å². The number of nitrogens with one attached hydrogen (secondary N) is 1. The molecule has 5 nitrogen and oxygen atoms in total. The molecule has 0 fully saturated rings. The summed E-state index contributed by atoms with van der Waals surface area (Å²) in [6.07, 6.45) is 4.35. The topological polar surface area (TPSA) is 82.5 Å². The van der Waals surface area contributed by atoms with Crippen LogP contribution in [0.4, 0.5) is 0 Å². The average molecular weight is 367 g/mol. The molecular formula is C17H22N2O3S2. The van der Waals surface area contributed by atoms with Gasteiger partial charge in [0.15, 0.2) is 4.34 Å². The lowest BCUT2D eigenvalue weighted by Gasteiger charge is -2.09. The highest BCUT2D eigenvalue weighted by atomic mass is 32.2. The van der Waals surface area contributed by atoms with Crippen LogP contribution >= 0.6 is 23.1 Å². The molecule has 1 aromatic carbocycles. The molecule has 1 atom stereocenters. The predicted molar refractivity (Wildman–Crippen MR) is 97.7 cm³/mol. The maximum absolute atomic E-state index is 11.5. The summed E-state index contributed by atoms with van der Waals surface area (Å²) in [4.78, 5) is 16.0. The highest BCUT2D eigenvalue weighted by Gasteiger charge is 2.20. The van der Waals surface area contributed by atoms with Crippen LogP contribution in [-0.2, 0) is 4.79 Å². The van der Waals surface area contributed by atoms with Crippen molar-refractivity contribution in [1.82, 2.24) is 10.5 Å². The number of thioether (sulfide) groups is 1. The fourth-order valence-corrected chi connectivity index (χ4v) is 4.34. The molecule has 0 saturated heterocycles. The maximum Gasteiger partial charge on any atom is 0.317 e. The molecule has 1 aromatic heterocycles. The molecule has 3 N–H and O–H groups in total. The molecule has 0 bridgehead atoms. The van der Waals surface area contributed by atoms with Crippen molar-refractivity contribution in [2.75, 3.05) is 6.54 Å². The average Bonchev–Trinajstić information content (AvgIpc) is 3.06. The largest absolute Gasteiger partial charge is 0.480 e. The van der Waals surface area contributed by atoms with Crippen molar-refractivity contribution in [1.29, 1.82) is 0 Å². The van der Waals surface area contributed by atoms with Crippen molar-refractivity contribution in [3.8, 4) is 11.3 Å². The monoisotopic (exact) mass is 366 g/mol. The van der Waals surface area contributed by atoms with Crippen molar-refractivity contribution in [2.45, 2.75) is 41.7 Å². The van der Waals surface area contributed by atoms with E-state index in [4.69, 9.17) is 5.21 Å². The number of aliphatic carboxylic acids is 1. The Morgan fingerprint density at radius 2 is 1.96 bits per heavy atom. The minimum absolute atomic E-state index is 0.462. The summed E-state index contributed by atoms with van der Waals surface area (Å²) in [5.74, 6) is -0.784. The summed E-state index contributed by atoms with van der Waals surface area (Å²) < 4.78 is 0.797. The van der Waals surface area contributed by atoms with E-state index in [0.717, 1.165) is 41.3 Å². The van der Waals surface area contributed by atoms with Gasteiger partial charge in [-0.2, -0.15) is 0 Å². The lowest BCUT2D eigenvalue weighted by atomic mass is 10.1. The van der Waals surface area contributed by atoms with Gasteiger partial charge in [0.05, 0.1) is 5.69 Å². The summed E-state index contributed by atoms with van der Waals surface area (Å²) in [5.41, 5.74) is 4.07. The Labute approximate surface area is 150 Å². The number of unbranched alkanes of at least 4 members (excludes halogenated alkanes) is 3. The molecule has 0 aliphatic heterocycles. The number of aromatic nitrogens is 1. The Morgan fingerprint density at radius 1 is 1.21 bits per heavy atom. The SMILES string of the molecule is O=C(O)C(CCCCCCNO)Sc1nc(-c2ccccc2)cs1. The smallest absolute Gasteiger partial charge is 0.317 e. The zero-order chi connectivity index (χ0) is 17.2. The number of nitrogens with zero attached hydrogens (tertiary/aromatic N) is 1. The van der Waals surface area contributed by atoms with Crippen LogP contribution in [-0.4, -0.2) is 33.1 Å². The van der Waals surface area contributed by atoms with E-state index >= 15 is 0 Å². The summed E-state index contributed by atoms with van der Waals surface area (Å²) >= 11 is 2.83. The second kappa shape index (κ2) is 10.5. The Bertz CT molecular complexity index is 619. The number of carboxylic acid groups (broad SMARTS) is 1. The molecule has 2 aromatic rings. The Hall–Kier alpha value is -1.41. The van der Waals surface area contributed by atoms with Gasteiger partial charge in [-0.15, -0.1) is 11.3 Å². The molecule has 0 radical (unpaired) electrons. The van der Waals surface area contributed by atoms with E-state index in [9.17, 15) is 9.90 Å². The Morgan fingerprint density at radius 3 is 2.67 bits per heavy atom. The number of carbonyl (C=O) groups is 1. The third-order valence-electron chi connectivity index (χ3n) is 3.58. The molecule has 2 rings (SSSR count). The fraction of sp³-hybridized carbons (Fsp3) is 0.412. The molecule has 1 unspecified atom stereocenters. The van der Waals surface area contributed by atoms with Crippen molar-refractivity contribution >= 4 is 29.1 Å². The van der Waals surface area contributed by atoms with Gasteiger partial charge in [-0.3, -0.25) is 4.79 Å². The first-order valence-electron chi connectivity index (χ1n) is 7.98. The number of benzene rings is 1. The van der Waals surface area contributed by atoms with Crippen molar-refractivity contribution in [2.24, 2.45) is 0 Å². The molecular weight excluding hydrogens is 344 g/mol. The minimum atomic E-state index is -0.784. The molecule has 24 heavy (non-hydrogen) atoms. The van der Waals surface area contributed by atoms with Crippen LogP contribution in [0.3, 0.4) is 0 Å². The summed E-state index contributed by atoms with van der Waals surface area (Å²) in [7, 11) is 0. The summed E-state index contributed by atoms with van der Waals surface area (Å²) in [6.45, 7) is 0.582. The number of rotatable bonds is 11. The van der Waals surface area contributed by atoms with Gasteiger partial charge in [-0.05, 0) is 12.8 Å². The first kappa shape index (κ1) is 18.9. The summed E-state index contributed by atoms with van der Waals surface area (Å²) in [6, 6.07) is 9.89. The van der Waals surface area contributed by atoms with Gasteiger partial charge in [-0.1, -0.05) is 61.4 Å². The lowest BCUT2D eigenvalue weighted by Crippen LogP contribution is -2.16. The van der Waals surface area contributed by atoms with Gasteiger partial charge in [-0.25, -0.2) is 10.5 Å². The Balaban J connectivity index is 1.84. The van der Waals surface area contributed by atoms with E-state index in [1.807, 2.05) is 35.7 Å². The summed E-state index contributed by atoms with van der Waals surface area (Å²) in [5, 5.41) is 19.4. The zero-order valence-electron chi connectivity index (χ0n) is 13.4. The molecule has 0 aliphatic carbocycles. The molecule has 0 saturated carbocycles. The van der Waals surface area contributed by atoms with Crippen molar-refractivity contribution < 1.29 is 15.1 Å². The Kier molecular flexibility index (Phi) is 8.24. The molecule has 0 aliphatic rings. The number of carboxylic acids is 1. The van der Waals surface area contributed by atoms with Crippen LogP contribution in [0.25, 0.3) is 11.3 Å². The van der Waals surface area contributed by atoms with Crippen molar-refractivity contribution in [3.63, 3.8) is 0 Å². The number of hydrogen-bond acceptors (Lipinski definition) is 6. The highest BCUT2D eigenvalue weighted by Crippen LogP contribution is 2.32. The predicted octanol–water partition coefficient (Wildman–Crippen LogP) is 4.28.